The molecular weight excluding hydrogens is 254 g/mol. The van der Waals surface area contributed by atoms with Crippen LogP contribution in [0.4, 0.5) is 19.3 Å². The van der Waals surface area contributed by atoms with Crippen molar-refractivity contribution in [3.05, 3.63) is 29.8 Å². The third-order valence-corrected chi connectivity index (χ3v) is 2.74. The van der Waals surface area contributed by atoms with E-state index in [0.717, 1.165) is 12.1 Å². The molecule has 2 amide bonds. The molecule has 1 rings (SSSR count). The maximum Gasteiger partial charge on any atom is 0.319 e. The number of halogens is 2. The van der Waals surface area contributed by atoms with E-state index < -0.39 is 17.7 Å². The summed E-state index contributed by atoms with van der Waals surface area (Å²) in [6, 6.07) is 2.11. The quantitative estimate of drug-likeness (QED) is 0.771. The largest absolute Gasteiger partial charge is 0.396 e. The number of hydrogen-bond donors (Lipinski definition) is 3. The van der Waals surface area contributed by atoms with Gasteiger partial charge in [0.25, 0.3) is 0 Å². The molecule has 0 saturated carbocycles. The summed E-state index contributed by atoms with van der Waals surface area (Å²) in [5.74, 6) is -1.40. The van der Waals surface area contributed by atoms with Gasteiger partial charge in [-0.05, 0) is 24.5 Å². The van der Waals surface area contributed by atoms with Gasteiger partial charge in [-0.2, -0.15) is 0 Å². The average Bonchev–Trinajstić information content (AvgIpc) is 2.32. The van der Waals surface area contributed by atoms with E-state index in [1.165, 1.54) is 0 Å². The third kappa shape index (κ3) is 4.82. The summed E-state index contributed by atoms with van der Waals surface area (Å²) in [5.41, 5.74) is -0.0922. The molecule has 1 unspecified atom stereocenters. The fourth-order valence-electron chi connectivity index (χ4n) is 1.63. The first-order valence-corrected chi connectivity index (χ1v) is 6.07. The molecule has 19 heavy (non-hydrogen) atoms. The van der Waals surface area contributed by atoms with E-state index in [-0.39, 0.29) is 24.3 Å². The van der Waals surface area contributed by atoms with Crippen LogP contribution in [-0.4, -0.2) is 23.8 Å². The minimum Gasteiger partial charge on any atom is -0.396 e. The molecule has 0 aromatic heterocycles. The average molecular weight is 272 g/mol. The van der Waals surface area contributed by atoms with Gasteiger partial charge in [-0.15, -0.1) is 0 Å². The van der Waals surface area contributed by atoms with Crippen LogP contribution in [0.15, 0.2) is 18.2 Å². The molecule has 0 spiro atoms. The van der Waals surface area contributed by atoms with E-state index in [2.05, 4.69) is 10.6 Å². The van der Waals surface area contributed by atoms with Crippen LogP contribution in [0, 0.1) is 17.6 Å². The van der Waals surface area contributed by atoms with Gasteiger partial charge in [-0.25, -0.2) is 13.6 Å². The van der Waals surface area contributed by atoms with E-state index in [4.69, 9.17) is 5.11 Å². The summed E-state index contributed by atoms with van der Waals surface area (Å²) in [5, 5.41) is 13.8. The molecule has 3 N–H and O–H groups in total. The summed E-state index contributed by atoms with van der Waals surface area (Å²) < 4.78 is 26.0. The highest BCUT2D eigenvalue weighted by Gasteiger charge is 2.16. The Labute approximate surface area is 110 Å². The SMILES string of the molecule is CC(C)C(CCO)NC(=O)Nc1ccc(F)cc1F. The minimum absolute atomic E-state index is 0.0476. The molecular formula is C13H18F2N2O2. The molecule has 0 saturated heterocycles. The van der Waals surface area contributed by atoms with E-state index >= 15 is 0 Å². The lowest BCUT2D eigenvalue weighted by Crippen LogP contribution is -2.41. The highest BCUT2D eigenvalue weighted by molar-refractivity contribution is 5.89. The van der Waals surface area contributed by atoms with Crippen LogP contribution in [0.5, 0.6) is 0 Å². The smallest absolute Gasteiger partial charge is 0.319 e. The first-order chi connectivity index (χ1) is 8.93. The number of anilines is 1. The van der Waals surface area contributed by atoms with Crippen LogP contribution >= 0.6 is 0 Å². The minimum atomic E-state index is -0.835. The van der Waals surface area contributed by atoms with E-state index in [1.807, 2.05) is 13.8 Å². The van der Waals surface area contributed by atoms with Crippen molar-refractivity contribution in [2.75, 3.05) is 11.9 Å². The second-order valence-electron chi connectivity index (χ2n) is 4.59. The molecule has 0 bridgehead atoms. The van der Waals surface area contributed by atoms with Crippen LogP contribution < -0.4 is 10.6 Å². The Hall–Kier alpha value is -1.69. The third-order valence-electron chi connectivity index (χ3n) is 2.74. The highest BCUT2D eigenvalue weighted by atomic mass is 19.1. The topological polar surface area (TPSA) is 61.4 Å². The predicted octanol–water partition coefficient (Wildman–Crippen LogP) is 2.49. The summed E-state index contributed by atoms with van der Waals surface area (Å²) in [7, 11) is 0. The normalized spacial score (nSPS) is 12.3. The molecule has 106 valence electrons. The van der Waals surface area contributed by atoms with E-state index in [1.54, 1.807) is 0 Å². The maximum absolute atomic E-state index is 13.3. The van der Waals surface area contributed by atoms with Gasteiger partial charge in [0.15, 0.2) is 0 Å². The predicted molar refractivity (Wildman–Crippen MR) is 68.8 cm³/mol. The number of aliphatic hydroxyl groups excluding tert-OH is 1. The number of urea groups is 1. The number of nitrogens with one attached hydrogen (secondary N) is 2. The fraction of sp³-hybridized carbons (Fsp3) is 0.462. The molecule has 1 atom stereocenters. The van der Waals surface area contributed by atoms with Gasteiger partial charge in [0, 0.05) is 18.7 Å². The molecule has 0 aliphatic rings. The summed E-state index contributed by atoms with van der Waals surface area (Å²) in [4.78, 5) is 11.7. The number of aliphatic hydroxyl groups is 1. The van der Waals surface area contributed by atoms with Crippen LogP contribution in [0.25, 0.3) is 0 Å². The van der Waals surface area contributed by atoms with Gasteiger partial charge in [0.05, 0.1) is 5.69 Å². The molecule has 1 aromatic carbocycles. The van der Waals surface area contributed by atoms with Gasteiger partial charge in [-0.1, -0.05) is 13.8 Å². The summed E-state index contributed by atoms with van der Waals surface area (Å²) in [6.45, 7) is 3.76. The molecule has 4 nitrogen and oxygen atoms in total. The van der Waals surface area contributed by atoms with Crippen LogP contribution in [0.2, 0.25) is 0 Å². The lowest BCUT2D eigenvalue weighted by Gasteiger charge is -2.21. The van der Waals surface area contributed by atoms with Crippen LogP contribution in [0.1, 0.15) is 20.3 Å². The molecule has 0 aliphatic carbocycles. The molecule has 1 aromatic rings. The lowest BCUT2D eigenvalue weighted by molar-refractivity contribution is 0.227. The van der Waals surface area contributed by atoms with Crippen molar-refractivity contribution in [2.24, 2.45) is 5.92 Å². The van der Waals surface area contributed by atoms with Crippen LogP contribution in [-0.2, 0) is 0 Å². The van der Waals surface area contributed by atoms with E-state index in [0.29, 0.717) is 12.5 Å². The molecule has 0 heterocycles. The van der Waals surface area contributed by atoms with Gasteiger partial charge in [0.2, 0.25) is 0 Å². The van der Waals surface area contributed by atoms with Crippen molar-refractivity contribution >= 4 is 11.7 Å². The summed E-state index contributed by atoms with van der Waals surface area (Å²) in [6.07, 6.45) is 0.414. The van der Waals surface area contributed by atoms with Crippen molar-refractivity contribution in [3.8, 4) is 0 Å². The van der Waals surface area contributed by atoms with Gasteiger partial charge >= 0.3 is 6.03 Å². The van der Waals surface area contributed by atoms with Crippen molar-refractivity contribution < 1.29 is 18.7 Å². The Morgan fingerprint density at radius 2 is 2.05 bits per heavy atom. The standard InChI is InChI=1S/C13H18F2N2O2/c1-8(2)11(5-6-18)16-13(19)17-12-4-3-9(14)7-10(12)15/h3-4,7-8,11,18H,5-6H2,1-2H3,(H2,16,17,19). The number of carbonyl (C=O) groups excluding carboxylic acids is 1. The lowest BCUT2D eigenvalue weighted by atomic mass is 10.0. The zero-order chi connectivity index (χ0) is 14.4. The second kappa shape index (κ2) is 7.04. The number of amides is 2. The highest BCUT2D eigenvalue weighted by Crippen LogP contribution is 2.15. The van der Waals surface area contributed by atoms with Crippen molar-refractivity contribution in [2.45, 2.75) is 26.3 Å². The monoisotopic (exact) mass is 272 g/mol. The Morgan fingerprint density at radius 1 is 1.37 bits per heavy atom. The zero-order valence-electron chi connectivity index (χ0n) is 10.9. The van der Waals surface area contributed by atoms with Crippen molar-refractivity contribution in [3.63, 3.8) is 0 Å². The maximum atomic E-state index is 13.3. The fourth-order valence-corrected chi connectivity index (χ4v) is 1.63. The van der Waals surface area contributed by atoms with Gasteiger partial charge in [0.1, 0.15) is 11.6 Å². The number of benzene rings is 1. The Balaban J connectivity index is 2.63. The Bertz CT molecular complexity index is 439. The number of rotatable bonds is 5. The number of hydrogen-bond acceptors (Lipinski definition) is 2. The molecule has 0 aliphatic heterocycles. The van der Waals surface area contributed by atoms with Gasteiger partial charge < -0.3 is 15.7 Å². The second-order valence-corrected chi connectivity index (χ2v) is 4.59. The first-order valence-electron chi connectivity index (χ1n) is 6.07. The van der Waals surface area contributed by atoms with Crippen molar-refractivity contribution in [1.29, 1.82) is 0 Å². The Morgan fingerprint density at radius 3 is 2.58 bits per heavy atom. The van der Waals surface area contributed by atoms with E-state index in [9.17, 15) is 13.6 Å². The molecule has 6 heteroatoms. The first kappa shape index (κ1) is 15.4. The van der Waals surface area contributed by atoms with Gasteiger partial charge in [-0.3, -0.25) is 0 Å². The zero-order valence-corrected chi connectivity index (χ0v) is 10.9. The number of carbonyl (C=O) groups is 1. The molecule has 0 radical (unpaired) electrons. The van der Waals surface area contributed by atoms with Crippen LogP contribution in [0.3, 0.4) is 0 Å². The van der Waals surface area contributed by atoms with Crippen molar-refractivity contribution in [1.82, 2.24) is 5.32 Å². The molecule has 0 fully saturated rings. The Kier molecular flexibility index (Phi) is 5.69. The summed E-state index contributed by atoms with van der Waals surface area (Å²) >= 11 is 0.